The molecule has 0 aliphatic carbocycles. The molecule has 128 valence electrons. The number of nitrogens with zero attached hydrogens (tertiary/aromatic N) is 2. The summed E-state index contributed by atoms with van der Waals surface area (Å²) >= 11 is 12.0. The van der Waals surface area contributed by atoms with Crippen molar-refractivity contribution in [1.29, 1.82) is 0 Å². The molecule has 0 unspecified atom stereocenters. The Bertz CT molecular complexity index is 753. The van der Waals surface area contributed by atoms with Crippen molar-refractivity contribution in [2.45, 2.75) is 6.92 Å². The van der Waals surface area contributed by atoms with Crippen molar-refractivity contribution >= 4 is 40.8 Å². The number of anilines is 1. The number of halogens is 2. The molecule has 0 atom stereocenters. The van der Waals surface area contributed by atoms with E-state index in [1.165, 1.54) is 31.2 Å². The van der Waals surface area contributed by atoms with Crippen LogP contribution in [-0.2, 0) is 4.79 Å². The lowest BCUT2D eigenvalue weighted by molar-refractivity contribution is -0.116. The Kier molecular flexibility index (Phi) is 5.69. The highest BCUT2D eigenvalue weighted by molar-refractivity contribution is 6.37. The molecule has 0 spiro atoms. The zero-order valence-electron chi connectivity index (χ0n) is 13.2. The molecule has 0 aliphatic heterocycles. The number of likely N-dealkylation sites (N-methyl/N-ethyl adjacent to an activating group) is 1. The number of aromatic nitrogens is 1. The highest BCUT2D eigenvalue weighted by Gasteiger charge is 2.19. The normalized spacial score (nSPS) is 10.4. The number of rotatable bonds is 5. The van der Waals surface area contributed by atoms with Crippen molar-refractivity contribution in [1.82, 2.24) is 10.1 Å². The quantitative estimate of drug-likeness (QED) is 0.872. The molecule has 2 rings (SSSR count). The van der Waals surface area contributed by atoms with E-state index in [2.05, 4.69) is 10.5 Å². The number of carbonyl (C=O) groups excluding carboxylic acids is 2. The van der Waals surface area contributed by atoms with Crippen LogP contribution in [0.5, 0.6) is 5.75 Å². The van der Waals surface area contributed by atoms with E-state index in [0.29, 0.717) is 5.76 Å². The Morgan fingerprint density at radius 3 is 2.42 bits per heavy atom. The van der Waals surface area contributed by atoms with Gasteiger partial charge in [-0.25, -0.2) is 0 Å². The standard InChI is InChI=1S/C15H15Cl2N3O4/c1-8-4-12(19-24-8)18-13(21)7-20(2)15(22)9-5-10(16)14(23-3)11(17)6-9/h4-6H,7H2,1-3H3,(H,18,19,21). The van der Waals surface area contributed by atoms with E-state index < -0.39 is 11.8 Å². The van der Waals surface area contributed by atoms with Gasteiger partial charge in [-0.15, -0.1) is 0 Å². The molecule has 1 N–H and O–H groups in total. The molecule has 2 amide bonds. The van der Waals surface area contributed by atoms with Crippen molar-refractivity contribution < 1.29 is 18.8 Å². The average Bonchev–Trinajstić information content (AvgIpc) is 2.90. The lowest BCUT2D eigenvalue weighted by Crippen LogP contribution is -2.35. The summed E-state index contributed by atoms with van der Waals surface area (Å²) in [6.45, 7) is 1.53. The first-order valence-electron chi connectivity index (χ1n) is 6.83. The SMILES string of the molecule is COc1c(Cl)cc(C(=O)N(C)CC(=O)Nc2cc(C)on2)cc1Cl. The van der Waals surface area contributed by atoms with Crippen LogP contribution in [0, 0.1) is 6.92 Å². The van der Waals surface area contributed by atoms with Crippen LogP contribution in [0.1, 0.15) is 16.1 Å². The van der Waals surface area contributed by atoms with Gasteiger partial charge in [-0.05, 0) is 19.1 Å². The maximum Gasteiger partial charge on any atom is 0.254 e. The maximum absolute atomic E-state index is 12.4. The highest BCUT2D eigenvalue weighted by atomic mass is 35.5. The number of ether oxygens (including phenoxy) is 1. The highest BCUT2D eigenvalue weighted by Crippen LogP contribution is 2.34. The minimum atomic E-state index is -0.412. The van der Waals surface area contributed by atoms with Crippen molar-refractivity contribution in [3.63, 3.8) is 0 Å². The molecule has 0 aliphatic rings. The Morgan fingerprint density at radius 2 is 1.92 bits per heavy atom. The number of methoxy groups -OCH3 is 1. The van der Waals surface area contributed by atoms with Gasteiger partial charge in [0.1, 0.15) is 5.76 Å². The van der Waals surface area contributed by atoms with Gasteiger partial charge in [0.05, 0.1) is 23.7 Å². The number of carbonyl (C=O) groups is 2. The molecule has 1 aromatic heterocycles. The van der Waals surface area contributed by atoms with Gasteiger partial charge in [0.15, 0.2) is 11.6 Å². The van der Waals surface area contributed by atoms with E-state index in [9.17, 15) is 9.59 Å². The first kappa shape index (κ1) is 18.1. The number of benzene rings is 1. The zero-order valence-corrected chi connectivity index (χ0v) is 14.7. The van der Waals surface area contributed by atoms with Gasteiger partial charge in [0, 0.05) is 18.7 Å². The largest absolute Gasteiger partial charge is 0.494 e. The van der Waals surface area contributed by atoms with Gasteiger partial charge in [0.25, 0.3) is 5.91 Å². The molecule has 2 aromatic rings. The molecular formula is C15H15Cl2N3O4. The number of hydrogen-bond donors (Lipinski definition) is 1. The Morgan fingerprint density at radius 1 is 1.29 bits per heavy atom. The van der Waals surface area contributed by atoms with Crippen molar-refractivity contribution in [3.8, 4) is 5.75 Å². The van der Waals surface area contributed by atoms with E-state index in [0.717, 1.165) is 0 Å². The van der Waals surface area contributed by atoms with Crippen LogP contribution >= 0.6 is 23.2 Å². The van der Waals surface area contributed by atoms with Crippen molar-refractivity contribution in [2.75, 3.05) is 26.0 Å². The van der Waals surface area contributed by atoms with Crippen LogP contribution in [0.3, 0.4) is 0 Å². The third kappa shape index (κ3) is 4.18. The van der Waals surface area contributed by atoms with Crippen LogP contribution in [0.25, 0.3) is 0 Å². The molecule has 24 heavy (non-hydrogen) atoms. The molecule has 0 bridgehead atoms. The third-order valence-electron chi connectivity index (χ3n) is 3.07. The van der Waals surface area contributed by atoms with E-state index in [4.69, 9.17) is 32.5 Å². The average molecular weight is 372 g/mol. The van der Waals surface area contributed by atoms with E-state index in [1.54, 1.807) is 13.0 Å². The summed E-state index contributed by atoms with van der Waals surface area (Å²) in [6.07, 6.45) is 0. The fourth-order valence-corrected chi connectivity index (χ4v) is 2.64. The monoisotopic (exact) mass is 371 g/mol. The summed E-state index contributed by atoms with van der Waals surface area (Å²) in [5.74, 6) is 0.320. The van der Waals surface area contributed by atoms with Gasteiger partial charge >= 0.3 is 0 Å². The van der Waals surface area contributed by atoms with Gasteiger partial charge in [-0.2, -0.15) is 0 Å². The minimum Gasteiger partial charge on any atom is -0.494 e. The summed E-state index contributed by atoms with van der Waals surface area (Å²) in [6, 6.07) is 4.44. The second-order valence-corrected chi connectivity index (χ2v) is 5.82. The molecule has 0 radical (unpaired) electrons. The molecule has 0 fully saturated rings. The van der Waals surface area contributed by atoms with E-state index >= 15 is 0 Å². The number of amides is 2. The summed E-state index contributed by atoms with van der Waals surface area (Å²) in [4.78, 5) is 25.6. The Balaban J connectivity index is 2.05. The Hall–Kier alpha value is -2.25. The molecule has 1 heterocycles. The lowest BCUT2D eigenvalue weighted by atomic mass is 10.2. The van der Waals surface area contributed by atoms with Gasteiger partial charge < -0.3 is 19.5 Å². The molecule has 9 heteroatoms. The zero-order chi connectivity index (χ0) is 17.9. The molecule has 7 nitrogen and oxygen atoms in total. The fourth-order valence-electron chi connectivity index (χ4n) is 1.99. The fraction of sp³-hybridized carbons (Fsp3) is 0.267. The first-order valence-corrected chi connectivity index (χ1v) is 7.59. The van der Waals surface area contributed by atoms with Gasteiger partial charge in [-0.1, -0.05) is 28.4 Å². The second kappa shape index (κ2) is 7.55. The summed E-state index contributed by atoms with van der Waals surface area (Å²) < 4.78 is 9.88. The molecular weight excluding hydrogens is 357 g/mol. The summed E-state index contributed by atoms with van der Waals surface area (Å²) in [7, 11) is 2.92. The molecule has 0 saturated heterocycles. The molecule has 1 aromatic carbocycles. The van der Waals surface area contributed by atoms with Gasteiger partial charge in [-0.3, -0.25) is 9.59 Å². The molecule has 0 saturated carbocycles. The predicted molar refractivity (Wildman–Crippen MR) is 89.8 cm³/mol. The van der Waals surface area contributed by atoms with Crippen LogP contribution < -0.4 is 10.1 Å². The topological polar surface area (TPSA) is 84.7 Å². The minimum absolute atomic E-state index is 0.175. The first-order chi connectivity index (χ1) is 11.3. The van der Waals surface area contributed by atoms with E-state index in [1.807, 2.05) is 0 Å². The van der Waals surface area contributed by atoms with E-state index in [-0.39, 0.29) is 33.7 Å². The van der Waals surface area contributed by atoms with Crippen LogP contribution in [0.15, 0.2) is 22.7 Å². The van der Waals surface area contributed by atoms with Crippen molar-refractivity contribution in [3.05, 3.63) is 39.6 Å². The summed E-state index contributed by atoms with van der Waals surface area (Å²) in [5.41, 5.74) is 0.249. The third-order valence-corrected chi connectivity index (χ3v) is 3.63. The van der Waals surface area contributed by atoms with Crippen molar-refractivity contribution in [2.24, 2.45) is 0 Å². The lowest BCUT2D eigenvalue weighted by Gasteiger charge is -2.17. The number of hydrogen-bond acceptors (Lipinski definition) is 5. The second-order valence-electron chi connectivity index (χ2n) is 5.01. The van der Waals surface area contributed by atoms with Crippen LogP contribution in [-0.4, -0.2) is 42.6 Å². The van der Waals surface area contributed by atoms with Crippen LogP contribution in [0.4, 0.5) is 5.82 Å². The maximum atomic E-state index is 12.4. The number of aryl methyl sites for hydroxylation is 1. The summed E-state index contributed by atoms with van der Waals surface area (Å²) in [5, 5.41) is 6.60. The predicted octanol–water partition coefficient (Wildman–Crippen LogP) is 3.01. The van der Waals surface area contributed by atoms with Gasteiger partial charge in [0.2, 0.25) is 5.91 Å². The Labute approximate surface area is 148 Å². The van der Waals surface area contributed by atoms with Crippen LogP contribution in [0.2, 0.25) is 10.0 Å². The number of nitrogens with one attached hydrogen (secondary N) is 1. The smallest absolute Gasteiger partial charge is 0.254 e.